The molecule has 0 fully saturated rings. The lowest BCUT2D eigenvalue weighted by Gasteiger charge is -2.24. The molecular weight excluding hydrogens is 595 g/mol. The third-order valence-corrected chi connectivity index (χ3v) is 6.67. The highest BCUT2D eigenvalue weighted by molar-refractivity contribution is 14.1. The van der Waals surface area contributed by atoms with Gasteiger partial charge in [-0.2, -0.15) is 0 Å². The number of rotatable bonds is 4. The highest BCUT2D eigenvalue weighted by Gasteiger charge is 2.36. The Bertz CT molecular complexity index is 902. The Morgan fingerprint density at radius 1 is 1.00 bits per heavy atom. The average Bonchev–Trinajstić information content (AvgIpc) is 2.87. The van der Waals surface area contributed by atoms with E-state index in [0.29, 0.717) is 10.0 Å². The number of halogens is 4. The summed E-state index contributed by atoms with van der Waals surface area (Å²) >= 11 is 16.5. The zero-order valence-corrected chi connectivity index (χ0v) is 19.7. The number of carbonyl (C=O) groups is 1. The predicted octanol–water partition coefficient (Wildman–Crippen LogP) is 7.20. The fourth-order valence-corrected chi connectivity index (χ4v) is 4.86. The highest BCUT2D eigenvalue weighted by atomic mass is 127. The van der Waals surface area contributed by atoms with Crippen LogP contribution in [0, 0.1) is 0 Å². The van der Waals surface area contributed by atoms with Crippen molar-refractivity contribution in [2.45, 2.75) is 13.3 Å². The molecular formula is C20H15Cl2I2NO. The minimum atomic E-state index is 0.0587. The predicted molar refractivity (Wildman–Crippen MR) is 127 cm³/mol. The molecule has 1 heterocycles. The maximum absolute atomic E-state index is 13.1. The zero-order chi connectivity index (χ0) is 18.8. The largest absolute Gasteiger partial charge is 0.336 e. The third-order valence-electron chi connectivity index (χ3n) is 4.03. The van der Waals surface area contributed by atoms with Crippen LogP contribution in [0.4, 0.5) is 0 Å². The van der Waals surface area contributed by atoms with Gasteiger partial charge in [0.15, 0.2) is 0 Å². The van der Waals surface area contributed by atoms with Crippen LogP contribution in [0.2, 0.25) is 10.0 Å². The van der Waals surface area contributed by atoms with Gasteiger partial charge >= 0.3 is 0 Å². The van der Waals surface area contributed by atoms with E-state index in [-0.39, 0.29) is 5.78 Å². The van der Waals surface area contributed by atoms with Gasteiger partial charge in [-0.3, -0.25) is 4.79 Å². The van der Waals surface area contributed by atoms with Gasteiger partial charge in [-0.1, -0.05) is 54.4 Å². The standard InChI is InChI=1S/C20H15Cl2I2NO/c1-2-11-25-18(13-5-9-15(22)10-6-13)17(24)20(26)19(25)16(23)12-3-7-14(21)8-4-12/h3-10H,2,11H2,1H3/b19-16+. The SMILES string of the molecule is CCCN1C(c2ccc(Cl)cc2)=C(I)C(=O)/C1=C(\I)c1ccc(Cl)cc1. The third kappa shape index (κ3) is 3.98. The molecule has 0 N–H and O–H groups in total. The van der Waals surface area contributed by atoms with E-state index in [9.17, 15) is 4.79 Å². The van der Waals surface area contributed by atoms with Crippen LogP contribution in [0.15, 0.2) is 57.8 Å². The van der Waals surface area contributed by atoms with Crippen molar-refractivity contribution in [3.8, 4) is 0 Å². The number of Topliss-reactive ketones (excluding diaryl/α,β-unsaturated/α-hetero) is 1. The Hall–Kier alpha value is -0.570. The number of hydrogen-bond acceptors (Lipinski definition) is 2. The molecule has 0 amide bonds. The van der Waals surface area contributed by atoms with Crippen LogP contribution in [-0.2, 0) is 4.79 Å². The smallest absolute Gasteiger partial charge is 0.218 e. The maximum Gasteiger partial charge on any atom is 0.218 e. The first-order valence-corrected chi connectivity index (χ1v) is 11.0. The molecule has 0 radical (unpaired) electrons. The van der Waals surface area contributed by atoms with Gasteiger partial charge in [-0.15, -0.1) is 0 Å². The normalized spacial score (nSPS) is 16.5. The first-order valence-electron chi connectivity index (χ1n) is 8.07. The molecule has 2 aromatic rings. The van der Waals surface area contributed by atoms with E-state index in [1.165, 1.54) is 0 Å². The van der Waals surface area contributed by atoms with Crippen LogP contribution >= 0.6 is 68.4 Å². The Morgan fingerprint density at radius 2 is 1.54 bits per heavy atom. The molecule has 6 heteroatoms. The molecule has 0 aromatic heterocycles. The summed E-state index contributed by atoms with van der Waals surface area (Å²) in [5.41, 5.74) is 3.66. The number of allylic oxidation sites excluding steroid dienone is 1. The monoisotopic (exact) mass is 609 g/mol. The van der Waals surface area contributed by atoms with Crippen LogP contribution in [-0.4, -0.2) is 17.2 Å². The lowest BCUT2D eigenvalue weighted by atomic mass is 10.1. The van der Waals surface area contributed by atoms with E-state index in [2.05, 4.69) is 57.0 Å². The molecule has 134 valence electrons. The lowest BCUT2D eigenvalue weighted by Crippen LogP contribution is -2.21. The molecule has 0 bridgehead atoms. The minimum absolute atomic E-state index is 0.0587. The van der Waals surface area contributed by atoms with E-state index in [4.69, 9.17) is 23.2 Å². The summed E-state index contributed by atoms with van der Waals surface area (Å²) in [5, 5.41) is 1.36. The van der Waals surface area contributed by atoms with E-state index >= 15 is 0 Å². The molecule has 26 heavy (non-hydrogen) atoms. The molecule has 2 nitrogen and oxygen atoms in total. The maximum atomic E-state index is 13.1. The second kappa shape index (κ2) is 8.63. The zero-order valence-electron chi connectivity index (χ0n) is 13.9. The lowest BCUT2D eigenvalue weighted by molar-refractivity contribution is -0.111. The average molecular weight is 610 g/mol. The first-order chi connectivity index (χ1) is 12.4. The van der Waals surface area contributed by atoms with Crippen molar-refractivity contribution in [1.29, 1.82) is 0 Å². The van der Waals surface area contributed by atoms with Crippen molar-refractivity contribution in [3.63, 3.8) is 0 Å². The quantitative estimate of drug-likeness (QED) is 0.270. The Morgan fingerprint density at radius 3 is 2.08 bits per heavy atom. The van der Waals surface area contributed by atoms with Gasteiger partial charge in [0, 0.05) is 20.2 Å². The second-order valence-corrected chi connectivity index (χ2v) is 8.85. The van der Waals surface area contributed by atoms with Crippen molar-refractivity contribution in [1.82, 2.24) is 4.90 Å². The molecule has 1 aliphatic heterocycles. The number of hydrogen-bond donors (Lipinski definition) is 0. The minimum Gasteiger partial charge on any atom is -0.336 e. The van der Waals surface area contributed by atoms with Crippen LogP contribution in [0.1, 0.15) is 24.5 Å². The van der Waals surface area contributed by atoms with E-state index in [0.717, 1.165) is 42.6 Å². The molecule has 3 rings (SSSR count). The van der Waals surface area contributed by atoms with Gasteiger partial charge in [0.1, 0.15) is 5.70 Å². The van der Waals surface area contributed by atoms with Crippen molar-refractivity contribution in [2.75, 3.05) is 6.54 Å². The fourth-order valence-electron chi connectivity index (χ4n) is 2.85. The second-order valence-electron chi connectivity index (χ2n) is 5.82. The van der Waals surface area contributed by atoms with Crippen LogP contribution in [0.25, 0.3) is 9.28 Å². The topological polar surface area (TPSA) is 20.3 Å². The molecule has 0 aliphatic carbocycles. The summed E-state index contributed by atoms with van der Waals surface area (Å²) in [5.74, 6) is 0.0587. The van der Waals surface area contributed by atoms with Gasteiger partial charge in [-0.05, 0) is 87.0 Å². The Kier molecular flexibility index (Phi) is 6.69. The van der Waals surface area contributed by atoms with E-state index in [1.54, 1.807) is 0 Å². The summed E-state index contributed by atoms with van der Waals surface area (Å²) in [6.45, 7) is 2.88. The van der Waals surface area contributed by atoms with Gasteiger partial charge in [0.25, 0.3) is 0 Å². The summed E-state index contributed by atoms with van der Waals surface area (Å²) in [7, 11) is 0. The Balaban J connectivity index is 2.13. The van der Waals surface area contributed by atoms with Crippen molar-refractivity contribution < 1.29 is 4.79 Å². The van der Waals surface area contributed by atoms with Crippen molar-refractivity contribution in [2.24, 2.45) is 0 Å². The highest BCUT2D eigenvalue weighted by Crippen LogP contribution is 2.43. The molecule has 0 spiro atoms. The van der Waals surface area contributed by atoms with Gasteiger partial charge in [0.2, 0.25) is 5.78 Å². The fraction of sp³-hybridized carbons (Fsp3) is 0.150. The number of nitrogens with zero attached hydrogens (tertiary/aromatic N) is 1. The summed E-state index contributed by atoms with van der Waals surface area (Å²) in [6.07, 6.45) is 0.933. The Labute approximate surface area is 190 Å². The molecule has 0 saturated carbocycles. The molecule has 0 atom stereocenters. The van der Waals surface area contributed by atoms with Gasteiger partial charge in [0.05, 0.1) is 9.28 Å². The number of carbonyl (C=O) groups excluding carboxylic acids is 1. The number of benzene rings is 2. The van der Waals surface area contributed by atoms with E-state index in [1.807, 2.05) is 48.5 Å². The van der Waals surface area contributed by atoms with Gasteiger partial charge < -0.3 is 4.90 Å². The summed E-state index contributed by atoms with van der Waals surface area (Å²) < 4.78 is 1.66. The van der Waals surface area contributed by atoms with Crippen molar-refractivity contribution in [3.05, 3.63) is 79.0 Å². The summed E-state index contributed by atoms with van der Waals surface area (Å²) in [4.78, 5) is 15.2. The molecule has 2 aromatic carbocycles. The molecule has 1 aliphatic rings. The van der Waals surface area contributed by atoms with Crippen molar-refractivity contribution >= 4 is 83.4 Å². The summed E-state index contributed by atoms with van der Waals surface area (Å²) in [6, 6.07) is 15.2. The molecule has 0 saturated heterocycles. The van der Waals surface area contributed by atoms with E-state index < -0.39 is 0 Å². The number of ketones is 1. The van der Waals surface area contributed by atoms with Crippen LogP contribution in [0.5, 0.6) is 0 Å². The van der Waals surface area contributed by atoms with Crippen LogP contribution in [0.3, 0.4) is 0 Å². The van der Waals surface area contributed by atoms with Crippen LogP contribution < -0.4 is 0 Å². The molecule has 0 unspecified atom stereocenters. The van der Waals surface area contributed by atoms with Gasteiger partial charge in [-0.25, -0.2) is 0 Å². The first kappa shape index (κ1) is 20.2.